The van der Waals surface area contributed by atoms with Crippen LogP contribution >= 0.6 is 0 Å². The molecular formula is C21H25N2O4. The second-order valence-electron chi connectivity index (χ2n) is 6.00. The van der Waals surface area contributed by atoms with Crippen molar-refractivity contribution >= 4 is 23.2 Å². The number of nitrogens with zero attached hydrogens (tertiary/aromatic N) is 1. The Kier molecular flexibility index (Phi) is 7.98. The number of ether oxygens (including phenoxy) is 2. The predicted octanol–water partition coefficient (Wildman–Crippen LogP) is 3.13. The third-order valence-electron chi connectivity index (χ3n) is 4.08. The van der Waals surface area contributed by atoms with Gasteiger partial charge in [0.15, 0.2) is 0 Å². The zero-order valence-corrected chi connectivity index (χ0v) is 16.0. The Morgan fingerprint density at radius 1 is 1.04 bits per heavy atom. The first kappa shape index (κ1) is 20.6. The molecule has 0 fully saturated rings. The molecule has 6 nitrogen and oxygen atoms in total. The van der Waals surface area contributed by atoms with Crippen LogP contribution in [0.4, 0.5) is 11.4 Å². The van der Waals surface area contributed by atoms with Gasteiger partial charge in [-0.25, -0.2) is 0 Å². The Hall–Kier alpha value is -2.70. The molecule has 27 heavy (non-hydrogen) atoms. The molecule has 2 aromatic rings. The monoisotopic (exact) mass is 369 g/mol. The number of carbonyl (C=O) groups excluding carboxylic acids is 2. The van der Waals surface area contributed by atoms with Crippen molar-refractivity contribution in [3.05, 3.63) is 48.5 Å². The maximum Gasteiger partial charge on any atom is 0.229 e. The van der Waals surface area contributed by atoms with E-state index in [-0.39, 0.29) is 11.8 Å². The summed E-state index contributed by atoms with van der Waals surface area (Å²) in [5, 5.41) is 2.83. The zero-order valence-electron chi connectivity index (χ0n) is 16.0. The minimum Gasteiger partial charge on any atom is -0.384 e. The van der Waals surface area contributed by atoms with Gasteiger partial charge < -0.3 is 19.7 Å². The van der Waals surface area contributed by atoms with E-state index in [4.69, 9.17) is 9.47 Å². The van der Waals surface area contributed by atoms with Crippen LogP contribution in [0.3, 0.4) is 0 Å². The number of nitrogens with one attached hydrogen (secondary N) is 1. The van der Waals surface area contributed by atoms with Crippen LogP contribution in [0, 0.1) is 6.07 Å². The maximum absolute atomic E-state index is 12.3. The molecule has 0 saturated carbocycles. The normalized spacial score (nSPS) is 10.5. The number of anilines is 2. The van der Waals surface area contributed by atoms with Crippen LogP contribution in [0.2, 0.25) is 0 Å². The molecule has 0 heterocycles. The third kappa shape index (κ3) is 5.91. The van der Waals surface area contributed by atoms with Crippen molar-refractivity contribution in [3.63, 3.8) is 0 Å². The van der Waals surface area contributed by atoms with Crippen LogP contribution in [-0.2, 0) is 19.1 Å². The summed E-state index contributed by atoms with van der Waals surface area (Å²) in [6.07, 6.45) is 0.617. The Morgan fingerprint density at radius 2 is 1.70 bits per heavy atom. The highest BCUT2D eigenvalue weighted by molar-refractivity contribution is 5.97. The van der Waals surface area contributed by atoms with Gasteiger partial charge in [-0.2, -0.15) is 0 Å². The standard InChI is InChI=1S/C21H25N2O4/c1-23(21(25)13-15-27-3)19-7-5-4-6-18(19)16-8-10-17(11-9-16)22-20(24)12-14-26-2/h4-6,8-11H,12-15H2,1-3H3,(H,22,24). The minimum atomic E-state index is -0.0955. The quantitative estimate of drug-likeness (QED) is 0.737. The molecule has 143 valence electrons. The number of hydrogen-bond acceptors (Lipinski definition) is 4. The van der Waals surface area contributed by atoms with Gasteiger partial charge in [-0.15, -0.1) is 0 Å². The summed E-state index contributed by atoms with van der Waals surface area (Å²) in [7, 11) is 4.87. The van der Waals surface area contributed by atoms with Crippen LogP contribution < -0.4 is 10.2 Å². The number of methoxy groups -OCH3 is 2. The van der Waals surface area contributed by atoms with Gasteiger partial charge in [0.25, 0.3) is 0 Å². The Morgan fingerprint density at radius 3 is 2.37 bits per heavy atom. The number of amides is 2. The van der Waals surface area contributed by atoms with Gasteiger partial charge in [0.05, 0.1) is 31.7 Å². The summed E-state index contributed by atoms with van der Waals surface area (Å²) in [5.41, 5.74) is 3.24. The summed E-state index contributed by atoms with van der Waals surface area (Å²) in [6, 6.07) is 16.2. The molecule has 0 aliphatic carbocycles. The van der Waals surface area contributed by atoms with Crippen molar-refractivity contribution in [1.29, 1.82) is 0 Å². The van der Waals surface area contributed by atoms with Crippen molar-refractivity contribution in [2.45, 2.75) is 12.8 Å². The van der Waals surface area contributed by atoms with Gasteiger partial charge in [0, 0.05) is 38.6 Å². The van der Waals surface area contributed by atoms with Crippen molar-refractivity contribution in [3.8, 4) is 11.1 Å². The molecule has 0 atom stereocenters. The van der Waals surface area contributed by atoms with Crippen molar-refractivity contribution < 1.29 is 19.1 Å². The number of rotatable bonds is 9. The van der Waals surface area contributed by atoms with Crippen molar-refractivity contribution in [2.24, 2.45) is 0 Å². The van der Waals surface area contributed by atoms with Crippen LogP contribution in [0.15, 0.2) is 42.5 Å². The smallest absolute Gasteiger partial charge is 0.229 e. The molecule has 2 rings (SSSR count). The Balaban J connectivity index is 2.16. The van der Waals surface area contributed by atoms with Gasteiger partial charge in [-0.05, 0) is 17.7 Å². The fourth-order valence-corrected chi connectivity index (χ4v) is 2.57. The lowest BCUT2D eigenvalue weighted by molar-refractivity contribution is -0.119. The molecule has 6 heteroatoms. The fraction of sp³-hybridized carbons (Fsp3) is 0.333. The highest BCUT2D eigenvalue weighted by Crippen LogP contribution is 2.31. The van der Waals surface area contributed by atoms with Gasteiger partial charge in [-0.1, -0.05) is 30.3 Å². The molecule has 2 amide bonds. The average molecular weight is 369 g/mol. The first-order chi connectivity index (χ1) is 13.1. The van der Waals surface area contributed by atoms with E-state index in [0.29, 0.717) is 37.4 Å². The molecule has 0 aliphatic heterocycles. The second kappa shape index (κ2) is 10.4. The van der Waals surface area contributed by atoms with Crippen molar-refractivity contribution in [1.82, 2.24) is 0 Å². The number of hydrogen-bond donors (Lipinski definition) is 1. The molecule has 0 unspecified atom stereocenters. The van der Waals surface area contributed by atoms with Crippen LogP contribution in [-0.4, -0.2) is 46.3 Å². The zero-order chi connectivity index (χ0) is 19.6. The average Bonchev–Trinajstić information content (AvgIpc) is 2.70. The first-order valence-electron chi connectivity index (χ1n) is 8.72. The Bertz CT molecular complexity index is 759. The van der Waals surface area contributed by atoms with E-state index >= 15 is 0 Å². The third-order valence-corrected chi connectivity index (χ3v) is 4.08. The molecular weight excluding hydrogens is 344 g/mol. The molecule has 0 aliphatic rings. The SMILES string of the molecule is COCCC(=O)Nc1ccc(-c2ccc[c]c2N(C)C(=O)CCOC)cc1. The van der Waals surface area contributed by atoms with Crippen molar-refractivity contribution in [2.75, 3.05) is 44.7 Å². The number of para-hydroxylation sites is 1. The van der Waals surface area contributed by atoms with E-state index in [1.807, 2.05) is 36.4 Å². The van der Waals surface area contributed by atoms with E-state index in [9.17, 15) is 9.59 Å². The minimum absolute atomic E-state index is 0.0393. The first-order valence-corrected chi connectivity index (χ1v) is 8.72. The van der Waals surface area contributed by atoms with E-state index in [2.05, 4.69) is 11.4 Å². The molecule has 2 aromatic carbocycles. The van der Waals surface area contributed by atoms with Gasteiger partial charge in [0.2, 0.25) is 11.8 Å². The molecule has 0 bridgehead atoms. The second-order valence-corrected chi connectivity index (χ2v) is 6.00. The Labute approximate surface area is 160 Å². The lowest BCUT2D eigenvalue weighted by Crippen LogP contribution is -2.27. The summed E-state index contributed by atoms with van der Waals surface area (Å²) < 4.78 is 9.88. The number of carbonyl (C=O) groups is 2. The van der Waals surface area contributed by atoms with Crippen LogP contribution in [0.1, 0.15) is 12.8 Å². The topological polar surface area (TPSA) is 67.9 Å². The molecule has 0 spiro atoms. The van der Waals surface area contributed by atoms with Crippen LogP contribution in [0.5, 0.6) is 0 Å². The predicted molar refractivity (Wildman–Crippen MR) is 106 cm³/mol. The van der Waals surface area contributed by atoms with Gasteiger partial charge in [0.1, 0.15) is 0 Å². The summed E-state index contributed by atoms with van der Waals surface area (Å²) in [6.45, 7) is 0.763. The molecule has 0 saturated heterocycles. The van der Waals surface area contributed by atoms with E-state index < -0.39 is 0 Å². The fourth-order valence-electron chi connectivity index (χ4n) is 2.57. The highest BCUT2D eigenvalue weighted by Gasteiger charge is 2.15. The van der Waals surface area contributed by atoms with Gasteiger partial charge in [-0.3, -0.25) is 9.59 Å². The van der Waals surface area contributed by atoms with E-state index in [0.717, 1.165) is 11.1 Å². The van der Waals surface area contributed by atoms with Crippen LogP contribution in [0.25, 0.3) is 11.1 Å². The summed E-state index contributed by atoms with van der Waals surface area (Å²) in [5.74, 6) is -0.135. The lowest BCUT2D eigenvalue weighted by atomic mass is 10.0. The molecule has 1 radical (unpaired) electrons. The lowest BCUT2D eigenvalue weighted by Gasteiger charge is -2.20. The summed E-state index contributed by atoms with van der Waals surface area (Å²) >= 11 is 0. The molecule has 1 N–H and O–H groups in total. The maximum atomic E-state index is 12.3. The number of benzene rings is 2. The largest absolute Gasteiger partial charge is 0.384 e. The summed E-state index contributed by atoms with van der Waals surface area (Å²) in [4.78, 5) is 25.7. The van der Waals surface area contributed by atoms with E-state index in [1.54, 1.807) is 32.2 Å². The molecule has 0 aromatic heterocycles. The van der Waals surface area contributed by atoms with E-state index in [1.165, 1.54) is 0 Å². The highest BCUT2D eigenvalue weighted by atomic mass is 16.5. The van der Waals surface area contributed by atoms with Gasteiger partial charge >= 0.3 is 0 Å².